The van der Waals surface area contributed by atoms with Crippen LogP contribution in [0.3, 0.4) is 0 Å². The topological polar surface area (TPSA) is 87.7 Å². The van der Waals surface area contributed by atoms with Crippen LogP contribution in [0.25, 0.3) is 0 Å². The van der Waals surface area contributed by atoms with Gasteiger partial charge in [-0.05, 0) is 55.0 Å². The van der Waals surface area contributed by atoms with E-state index in [9.17, 15) is 14.4 Å². The average molecular weight is 440 g/mol. The Hall–Kier alpha value is -2.25. The predicted molar refractivity (Wildman–Crippen MR) is 109 cm³/mol. The van der Waals surface area contributed by atoms with Crippen molar-refractivity contribution < 1.29 is 19.1 Å². The zero-order valence-electron chi connectivity index (χ0n) is 15.9. The Balaban J connectivity index is 1.33. The van der Waals surface area contributed by atoms with Crippen molar-refractivity contribution in [1.29, 1.82) is 0 Å². The van der Waals surface area contributed by atoms with Crippen LogP contribution in [0, 0.1) is 5.92 Å². The number of hydrogen-bond donors (Lipinski definition) is 2. The largest absolute Gasteiger partial charge is 0.445 e. The van der Waals surface area contributed by atoms with Crippen LogP contribution in [0.5, 0.6) is 0 Å². The van der Waals surface area contributed by atoms with Crippen molar-refractivity contribution >= 4 is 41.1 Å². The van der Waals surface area contributed by atoms with Gasteiger partial charge < -0.3 is 20.3 Å². The molecule has 2 heterocycles. The van der Waals surface area contributed by atoms with E-state index in [0.717, 1.165) is 24.8 Å². The lowest BCUT2D eigenvalue weighted by atomic mass is 9.94. The summed E-state index contributed by atoms with van der Waals surface area (Å²) in [7, 11) is 0. The molecule has 1 fully saturated rings. The lowest BCUT2D eigenvalue weighted by Crippen LogP contribution is -2.39. The van der Waals surface area contributed by atoms with E-state index in [1.54, 1.807) is 29.2 Å². The van der Waals surface area contributed by atoms with Gasteiger partial charge in [0.25, 0.3) is 5.91 Å². The zero-order chi connectivity index (χ0) is 20.8. The molecular formula is C20H23Cl2N3O4. The molecule has 156 valence electrons. The maximum absolute atomic E-state index is 12.3. The van der Waals surface area contributed by atoms with Crippen LogP contribution in [0.2, 0.25) is 10.0 Å². The van der Waals surface area contributed by atoms with Gasteiger partial charge in [-0.3, -0.25) is 9.59 Å². The molecule has 29 heavy (non-hydrogen) atoms. The first kappa shape index (κ1) is 21.5. The minimum atomic E-state index is -0.350. The summed E-state index contributed by atoms with van der Waals surface area (Å²) in [5.41, 5.74) is 1.07. The molecule has 2 aliphatic heterocycles. The fourth-order valence-electron chi connectivity index (χ4n) is 3.42. The summed E-state index contributed by atoms with van der Waals surface area (Å²) in [6, 6.07) is 5.06. The summed E-state index contributed by atoms with van der Waals surface area (Å²) < 4.78 is 5.36. The summed E-state index contributed by atoms with van der Waals surface area (Å²) in [5, 5.41) is 6.36. The van der Waals surface area contributed by atoms with Crippen molar-refractivity contribution in [2.24, 2.45) is 5.92 Å². The normalized spacial score (nSPS) is 17.0. The molecule has 0 radical (unpaired) electrons. The van der Waals surface area contributed by atoms with Gasteiger partial charge in [0.1, 0.15) is 12.3 Å². The van der Waals surface area contributed by atoms with E-state index in [0.29, 0.717) is 41.3 Å². The quantitative estimate of drug-likeness (QED) is 0.711. The molecular weight excluding hydrogens is 417 g/mol. The van der Waals surface area contributed by atoms with Crippen molar-refractivity contribution in [1.82, 2.24) is 15.5 Å². The van der Waals surface area contributed by atoms with E-state index in [1.165, 1.54) is 0 Å². The van der Waals surface area contributed by atoms with E-state index in [-0.39, 0.29) is 30.9 Å². The fourth-order valence-corrected chi connectivity index (χ4v) is 3.99. The van der Waals surface area contributed by atoms with Crippen LogP contribution in [0.1, 0.15) is 31.2 Å². The van der Waals surface area contributed by atoms with E-state index in [2.05, 4.69) is 10.6 Å². The first-order valence-corrected chi connectivity index (χ1v) is 10.3. The van der Waals surface area contributed by atoms with Gasteiger partial charge in [-0.1, -0.05) is 23.2 Å². The highest BCUT2D eigenvalue weighted by molar-refractivity contribution is 6.34. The number of likely N-dealkylation sites (tertiary alicyclic amines) is 1. The molecule has 0 saturated carbocycles. The average Bonchev–Trinajstić information content (AvgIpc) is 3.12. The number of nitrogens with zero attached hydrogens (tertiary/aromatic N) is 1. The third-order valence-electron chi connectivity index (χ3n) is 5.01. The summed E-state index contributed by atoms with van der Waals surface area (Å²) in [4.78, 5) is 37.0. The molecule has 9 heteroatoms. The maximum Gasteiger partial charge on any atom is 0.410 e. The Morgan fingerprint density at radius 2 is 1.86 bits per heavy atom. The van der Waals surface area contributed by atoms with E-state index < -0.39 is 0 Å². The van der Waals surface area contributed by atoms with E-state index in [4.69, 9.17) is 27.9 Å². The van der Waals surface area contributed by atoms with Crippen LogP contribution in [-0.2, 0) is 20.9 Å². The number of nitrogens with one attached hydrogen (secondary N) is 2. The second kappa shape index (κ2) is 9.98. The molecule has 1 aromatic rings. The van der Waals surface area contributed by atoms with Crippen LogP contribution < -0.4 is 10.6 Å². The fraction of sp³-hybridized carbons (Fsp3) is 0.450. The van der Waals surface area contributed by atoms with Crippen LogP contribution in [0.15, 0.2) is 30.0 Å². The number of ether oxygens (including phenoxy) is 1. The van der Waals surface area contributed by atoms with Gasteiger partial charge in [-0.25, -0.2) is 4.79 Å². The van der Waals surface area contributed by atoms with Gasteiger partial charge in [-0.2, -0.15) is 0 Å². The minimum Gasteiger partial charge on any atom is -0.445 e. The van der Waals surface area contributed by atoms with Gasteiger partial charge >= 0.3 is 6.09 Å². The third-order valence-corrected chi connectivity index (χ3v) is 5.44. The second-order valence-corrected chi connectivity index (χ2v) is 8.05. The molecule has 0 spiro atoms. The van der Waals surface area contributed by atoms with Crippen LogP contribution in [-0.4, -0.2) is 42.4 Å². The summed E-state index contributed by atoms with van der Waals surface area (Å²) in [6.07, 6.45) is 4.04. The van der Waals surface area contributed by atoms with Gasteiger partial charge in [0.15, 0.2) is 0 Å². The third kappa shape index (κ3) is 6.37. The van der Waals surface area contributed by atoms with Gasteiger partial charge in [0.2, 0.25) is 5.91 Å². The molecule has 0 unspecified atom stereocenters. The second-order valence-electron chi connectivity index (χ2n) is 7.18. The Bertz CT molecular complexity index is 800. The number of rotatable bonds is 6. The molecule has 2 aliphatic rings. The number of halogens is 2. The van der Waals surface area contributed by atoms with Gasteiger partial charge in [0.05, 0.1) is 0 Å². The standard InChI is InChI=1S/C20H23Cl2N3O4/c21-15-9-14(10-16(22)11-15)12-29-20(28)25-7-4-13(5-8-25)3-6-23-19(27)17-1-2-18(26)24-17/h1,9-11,13H,2-8,12H2,(H,23,27)(H,24,26). The van der Waals surface area contributed by atoms with Crippen LogP contribution >= 0.6 is 23.2 Å². The molecule has 2 N–H and O–H groups in total. The summed E-state index contributed by atoms with van der Waals surface area (Å²) >= 11 is 11.9. The molecule has 0 bridgehead atoms. The van der Waals surface area contributed by atoms with E-state index >= 15 is 0 Å². The summed E-state index contributed by atoms with van der Waals surface area (Å²) in [6.45, 7) is 1.90. The van der Waals surface area contributed by atoms with E-state index in [1.807, 2.05) is 0 Å². The van der Waals surface area contributed by atoms with Crippen molar-refractivity contribution in [2.75, 3.05) is 19.6 Å². The number of carbonyl (C=O) groups excluding carboxylic acids is 3. The number of benzene rings is 1. The highest BCUT2D eigenvalue weighted by atomic mass is 35.5. The van der Waals surface area contributed by atoms with Gasteiger partial charge in [0, 0.05) is 36.1 Å². The zero-order valence-corrected chi connectivity index (χ0v) is 17.4. The van der Waals surface area contributed by atoms with Crippen molar-refractivity contribution in [2.45, 2.75) is 32.3 Å². The Morgan fingerprint density at radius 3 is 2.48 bits per heavy atom. The first-order chi connectivity index (χ1) is 13.9. The number of carbonyl (C=O) groups is 3. The smallest absolute Gasteiger partial charge is 0.410 e. The Labute approximate surface area is 179 Å². The lowest BCUT2D eigenvalue weighted by Gasteiger charge is -2.31. The minimum absolute atomic E-state index is 0.122. The Kier molecular flexibility index (Phi) is 7.39. The van der Waals surface area contributed by atoms with Crippen molar-refractivity contribution in [3.63, 3.8) is 0 Å². The monoisotopic (exact) mass is 439 g/mol. The highest BCUT2D eigenvalue weighted by Gasteiger charge is 2.24. The molecule has 0 aliphatic carbocycles. The maximum atomic E-state index is 12.3. The number of hydrogen-bond acceptors (Lipinski definition) is 4. The van der Waals surface area contributed by atoms with Crippen molar-refractivity contribution in [3.05, 3.63) is 45.6 Å². The number of piperidine rings is 1. The molecule has 0 atom stereocenters. The lowest BCUT2D eigenvalue weighted by molar-refractivity contribution is -0.122. The molecule has 7 nitrogen and oxygen atoms in total. The molecule has 3 rings (SSSR count). The summed E-state index contributed by atoms with van der Waals surface area (Å²) in [5.74, 6) is 0.0177. The van der Waals surface area contributed by atoms with Crippen LogP contribution in [0.4, 0.5) is 4.79 Å². The highest BCUT2D eigenvalue weighted by Crippen LogP contribution is 2.22. The van der Waals surface area contributed by atoms with Gasteiger partial charge in [-0.15, -0.1) is 0 Å². The molecule has 1 saturated heterocycles. The molecule has 0 aromatic heterocycles. The predicted octanol–water partition coefficient (Wildman–Crippen LogP) is 3.25. The number of amides is 3. The SMILES string of the molecule is O=C1CC=C(C(=O)NCCC2CCN(C(=O)OCc3cc(Cl)cc(Cl)c3)CC2)N1. The molecule has 3 amide bonds. The van der Waals surface area contributed by atoms with Crippen molar-refractivity contribution in [3.8, 4) is 0 Å². The first-order valence-electron chi connectivity index (χ1n) is 9.55. The Morgan fingerprint density at radius 1 is 1.17 bits per heavy atom. The molecule has 1 aromatic carbocycles.